The van der Waals surface area contributed by atoms with Crippen LogP contribution >= 0.6 is 11.3 Å². The zero-order chi connectivity index (χ0) is 16.8. The summed E-state index contributed by atoms with van der Waals surface area (Å²) in [4.78, 5) is 16.2. The van der Waals surface area contributed by atoms with Gasteiger partial charge in [-0.1, -0.05) is 37.3 Å². The van der Waals surface area contributed by atoms with Gasteiger partial charge in [-0.25, -0.2) is 9.78 Å². The quantitative estimate of drug-likeness (QED) is 0.659. The van der Waals surface area contributed by atoms with Crippen LogP contribution in [0.5, 0.6) is 0 Å². The van der Waals surface area contributed by atoms with Crippen molar-refractivity contribution in [2.45, 2.75) is 26.5 Å². The van der Waals surface area contributed by atoms with E-state index < -0.39 is 5.97 Å². The molecule has 1 N–H and O–H groups in total. The van der Waals surface area contributed by atoms with E-state index in [1.54, 1.807) is 5.38 Å². The summed E-state index contributed by atoms with van der Waals surface area (Å²) in [5.41, 5.74) is 1.39. The summed E-state index contributed by atoms with van der Waals surface area (Å²) in [7, 11) is 0. The summed E-state index contributed by atoms with van der Waals surface area (Å²) in [6.07, 6.45) is 0.642. The summed E-state index contributed by atoms with van der Waals surface area (Å²) in [6, 6.07) is 9.95. The Morgan fingerprint density at radius 2 is 2.04 bits per heavy atom. The van der Waals surface area contributed by atoms with E-state index in [1.807, 2.05) is 37.3 Å². The Balaban J connectivity index is 1.51. The van der Waals surface area contributed by atoms with E-state index in [9.17, 15) is 4.79 Å². The Hall–Kier alpha value is -2.74. The van der Waals surface area contributed by atoms with E-state index in [1.165, 1.54) is 11.3 Å². The number of aryl methyl sites for hydroxylation is 1. The Morgan fingerprint density at radius 1 is 1.25 bits per heavy atom. The second kappa shape index (κ2) is 7.69. The number of nitrogens with one attached hydrogen (secondary N) is 1. The van der Waals surface area contributed by atoms with Gasteiger partial charge in [0.1, 0.15) is 0 Å². The van der Waals surface area contributed by atoms with Gasteiger partial charge in [0, 0.05) is 18.3 Å². The largest absolute Gasteiger partial charge is 0.451 e. The molecule has 0 aliphatic heterocycles. The van der Waals surface area contributed by atoms with Crippen molar-refractivity contribution in [2.75, 3.05) is 5.32 Å². The first-order chi connectivity index (χ1) is 11.7. The monoisotopic (exact) mass is 344 g/mol. The molecule has 7 nitrogen and oxygen atoms in total. The lowest BCUT2D eigenvalue weighted by molar-refractivity contribution is 0.0430. The molecule has 0 saturated carbocycles. The Bertz CT molecular complexity index is 801. The number of rotatable bonds is 7. The normalized spacial score (nSPS) is 10.5. The Kier molecular flexibility index (Phi) is 5.17. The van der Waals surface area contributed by atoms with Gasteiger partial charge in [-0.3, -0.25) is 0 Å². The van der Waals surface area contributed by atoms with Gasteiger partial charge < -0.3 is 14.5 Å². The summed E-state index contributed by atoms with van der Waals surface area (Å²) in [6.45, 7) is 2.49. The summed E-state index contributed by atoms with van der Waals surface area (Å²) in [5.74, 6) is 0.273. The van der Waals surface area contributed by atoms with Crippen molar-refractivity contribution in [3.05, 3.63) is 58.8 Å². The molecule has 0 amide bonds. The topological polar surface area (TPSA) is 90.1 Å². The zero-order valence-corrected chi connectivity index (χ0v) is 13.9. The molecule has 3 aromatic rings. The highest BCUT2D eigenvalue weighted by atomic mass is 32.1. The first-order valence-corrected chi connectivity index (χ1v) is 8.34. The fourth-order valence-electron chi connectivity index (χ4n) is 1.91. The van der Waals surface area contributed by atoms with E-state index in [2.05, 4.69) is 20.5 Å². The molecular weight excluding hydrogens is 328 g/mol. The van der Waals surface area contributed by atoms with Crippen LogP contribution in [0.25, 0.3) is 0 Å². The number of benzene rings is 1. The number of carbonyl (C=O) groups is 1. The Labute approximate surface area is 142 Å². The molecule has 0 saturated heterocycles. The van der Waals surface area contributed by atoms with Gasteiger partial charge in [0.15, 0.2) is 17.4 Å². The standard InChI is InChI=1S/C16H16N4O3S/c1-2-13-19-20-14(23-13)9-22-15(21)12-10-24-16(18-12)17-8-11-6-4-3-5-7-11/h3-7,10H,2,8-9H2,1H3,(H,17,18). The van der Waals surface area contributed by atoms with Crippen LogP contribution in [0.1, 0.15) is 34.8 Å². The van der Waals surface area contributed by atoms with Gasteiger partial charge in [0.2, 0.25) is 5.89 Å². The molecule has 1 aromatic carbocycles. The zero-order valence-electron chi connectivity index (χ0n) is 13.1. The summed E-state index contributed by atoms with van der Waals surface area (Å²) < 4.78 is 10.4. The molecule has 0 spiro atoms. The number of hydrogen-bond acceptors (Lipinski definition) is 8. The van der Waals surface area contributed by atoms with Gasteiger partial charge >= 0.3 is 5.97 Å². The van der Waals surface area contributed by atoms with Crippen molar-refractivity contribution >= 4 is 22.4 Å². The minimum absolute atomic E-state index is 0.0594. The van der Waals surface area contributed by atoms with Crippen LogP contribution in [0, 0.1) is 0 Å². The van der Waals surface area contributed by atoms with E-state index >= 15 is 0 Å². The molecule has 2 aromatic heterocycles. The number of nitrogens with zero attached hydrogens (tertiary/aromatic N) is 3. The van der Waals surface area contributed by atoms with E-state index in [0.717, 1.165) is 5.56 Å². The van der Waals surface area contributed by atoms with Crippen molar-refractivity contribution < 1.29 is 13.9 Å². The SMILES string of the molecule is CCc1nnc(COC(=O)c2csc(NCc3ccccc3)n2)o1. The van der Waals surface area contributed by atoms with Crippen molar-refractivity contribution in [2.24, 2.45) is 0 Å². The van der Waals surface area contributed by atoms with Crippen LogP contribution in [0.4, 0.5) is 5.13 Å². The lowest BCUT2D eigenvalue weighted by Crippen LogP contribution is -2.06. The molecule has 0 aliphatic rings. The number of esters is 1. The molecule has 0 fully saturated rings. The Morgan fingerprint density at radius 3 is 2.79 bits per heavy atom. The van der Waals surface area contributed by atoms with Gasteiger partial charge in [-0.15, -0.1) is 21.5 Å². The third kappa shape index (κ3) is 4.17. The number of hydrogen-bond donors (Lipinski definition) is 1. The van der Waals surface area contributed by atoms with Crippen LogP contribution in [-0.2, 0) is 24.3 Å². The number of anilines is 1. The molecule has 0 radical (unpaired) electrons. The predicted octanol–water partition coefficient (Wildman–Crippen LogP) is 3.06. The third-order valence-corrected chi connectivity index (χ3v) is 3.94. The maximum atomic E-state index is 12.0. The minimum Gasteiger partial charge on any atom is -0.451 e. The number of aromatic nitrogens is 3. The molecule has 3 rings (SSSR count). The van der Waals surface area contributed by atoms with Crippen LogP contribution < -0.4 is 5.32 Å². The third-order valence-electron chi connectivity index (χ3n) is 3.14. The molecule has 0 unspecified atom stereocenters. The molecule has 0 bridgehead atoms. The highest BCUT2D eigenvalue weighted by Gasteiger charge is 2.14. The van der Waals surface area contributed by atoms with Gasteiger partial charge in [-0.2, -0.15) is 0 Å². The summed E-state index contributed by atoms with van der Waals surface area (Å²) >= 11 is 1.35. The van der Waals surface area contributed by atoms with Crippen molar-refractivity contribution in [3.8, 4) is 0 Å². The molecule has 2 heterocycles. The van der Waals surface area contributed by atoms with Crippen LogP contribution in [-0.4, -0.2) is 21.2 Å². The van der Waals surface area contributed by atoms with E-state index in [0.29, 0.717) is 24.0 Å². The smallest absolute Gasteiger partial charge is 0.358 e. The molecular formula is C16H16N4O3S. The number of carbonyl (C=O) groups excluding carboxylic acids is 1. The second-order valence-electron chi connectivity index (χ2n) is 4.90. The van der Waals surface area contributed by atoms with Crippen molar-refractivity contribution in [1.82, 2.24) is 15.2 Å². The molecule has 8 heteroatoms. The average molecular weight is 344 g/mol. The molecule has 124 valence electrons. The predicted molar refractivity (Wildman–Crippen MR) is 88.7 cm³/mol. The number of ether oxygens (including phenoxy) is 1. The minimum atomic E-state index is -0.518. The number of thiazole rings is 1. The lowest BCUT2D eigenvalue weighted by Gasteiger charge is -2.02. The molecule has 0 aliphatic carbocycles. The first kappa shape index (κ1) is 16.1. The summed E-state index contributed by atoms with van der Waals surface area (Å²) in [5, 5.41) is 13.1. The fraction of sp³-hybridized carbons (Fsp3) is 0.250. The molecule has 0 atom stereocenters. The van der Waals surface area contributed by atoms with Crippen molar-refractivity contribution in [3.63, 3.8) is 0 Å². The van der Waals surface area contributed by atoms with E-state index in [4.69, 9.17) is 9.15 Å². The van der Waals surface area contributed by atoms with Crippen molar-refractivity contribution in [1.29, 1.82) is 0 Å². The van der Waals surface area contributed by atoms with Gasteiger partial charge in [0.05, 0.1) is 0 Å². The lowest BCUT2D eigenvalue weighted by atomic mass is 10.2. The van der Waals surface area contributed by atoms with Crippen LogP contribution in [0.15, 0.2) is 40.1 Å². The van der Waals surface area contributed by atoms with E-state index in [-0.39, 0.29) is 18.2 Å². The maximum Gasteiger partial charge on any atom is 0.358 e. The second-order valence-corrected chi connectivity index (χ2v) is 5.75. The highest BCUT2D eigenvalue weighted by molar-refractivity contribution is 7.13. The van der Waals surface area contributed by atoms with Crippen LogP contribution in [0.2, 0.25) is 0 Å². The molecule has 24 heavy (non-hydrogen) atoms. The first-order valence-electron chi connectivity index (χ1n) is 7.46. The van der Waals surface area contributed by atoms with Crippen LogP contribution in [0.3, 0.4) is 0 Å². The van der Waals surface area contributed by atoms with Gasteiger partial charge in [0.25, 0.3) is 5.89 Å². The average Bonchev–Trinajstić information content (AvgIpc) is 3.28. The fourth-order valence-corrected chi connectivity index (χ4v) is 2.59. The van der Waals surface area contributed by atoms with Gasteiger partial charge in [-0.05, 0) is 5.56 Å². The maximum absolute atomic E-state index is 12.0. The highest BCUT2D eigenvalue weighted by Crippen LogP contribution is 2.17.